The van der Waals surface area contributed by atoms with Crippen LogP contribution in [0.15, 0.2) is 24.3 Å². The van der Waals surface area contributed by atoms with Crippen LogP contribution in [0.1, 0.15) is 17.2 Å². The Morgan fingerprint density at radius 1 is 1.50 bits per heavy atom. The van der Waals surface area contributed by atoms with Crippen LogP contribution in [0.25, 0.3) is 0 Å². The van der Waals surface area contributed by atoms with Crippen LogP contribution in [0, 0.1) is 0 Å². The fraction of sp³-hybridized carbons (Fsp3) is 0.300. The van der Waals surface area contributed by atoms with Crippen LogP contribution in [0.4, 0.5) is 4.79 Å². The molecule has 4 heteroatoms. The highest BCUT2D eigenvalue weighted by atomic mass is 127. The second kappa shape index (κ2) is 3.86. The molecule has 0 aliphatic heterocycles. The quantitative estimate of drug-likeness (QED) is 0.472. The minimum Gasteiger partial charge on any atom is -0.390 e. The van der Waals surface area contributed by atoms with Crippen molar-refractivity contribution in [3.05, 3.63) is 35.4 Å². The number of carbonyl (C=O) groups is 1. The molecular weight excluding hydrogens is 293 g/mol. The zero-order valence-electron chi connectivity index (χ0n) is 7.40. The topological polar surface area (TPSA) is 49.3 Å². The molecule has 14 heavy (non-hydrogen) atoms. The minimum atomic E-state index is -0.494. The first-order chi connectivity index (χ1) is 6.68. The van der Waals surface area contributed by atoms with Gasteiger partial charge in [0, 0.05) is 29.0 Å². The highest BCUT2D eigenvalue weighted by Crippen LogP contribution is 2.31. The Morgan fingerprint density at radius 2 is 2.21 bits per heavy atom. The number of fused-ring (bicyclic) bond motifs is 1. The Hall–Kier alpha value is -0.620. The van der Waals surface area contributed by atoms with Gasteiger partial charge >= 0.3 is 0 Å². The zero-order chi connectivity index (χ0) is 10.1. The van der Waals surface area contributed by atoms with Crippen LogP contribution in [0.5, 0.6) is 0 Å². The number of hydrogen-bond donors (Lipinski definition) is 2. The van der Waals surface area contributed by atoms with Gasteiger partial charge in [0.05, 0.1) is 12.1 Å². The summed E-state index contributed by atoms with van der Waals surface area (Å²) in [6.07, 6.45) is 0.128. The van der Waals surface area contributed by atoms with Gasteiger partial charge in [0.1, 0.15) is 0 Å². The van der Waals surface area contributed by atoms with Crippen LogP contribution in [-0.4, -0.2) is 15.1 Å². The molecule has 0 bridgehead atoms. The molecule has 0 heterocycles. The molecule has 1 aromatic rings. The number of nitrogens with one attached hydrogen (secondary N) is 1. The molecule has 2 rings (SSSR count). The maximum Gasteiger partial charge on any atom is 0.281 e. The maximum absolute atomic E-state index is 10.9. The van der Waals surface area contributed by atoms with Gasteiger partial charge in [-0.25, -0.2) is 0 Å². The monoisotopic (exact) mass is 303 g/mol. The van der Waals surface area contributed by atoms with Gasteiger partial charge in [0.15, 0.2) is 0 Å². The van der Waals surface area contributed by atoms with Crippen molar-refractivity contribution in [1.29, 1.82) is 0 Å². The molecule has 0 saturated heterocycles. The number of amides is 1. The summed E-state index contributed by atoms with van der Waals surface area (Å²) in [4.78, 5) is 10.9. The maximum atomic E-state index is 10.9. The van der Waals surface area contributed by atoms with Crippen LogP contribution in [0.2, 0.25) is 0 Å². The average Bonchev–Trinajstić information content (AvgIpc) is 2.43. The number of hydrogen-bond acceptors (Lipinski definition) is 2. The largest absolute Gasteiger partial charge is 0.390 e. The number of carbonyl (C=O) groups excluding carboxylic acids is 1. The molecule has 3 nitrogen and oxygen atoms in total. The van der Waals surface area contributed by atoms with Crippen molar-refractivity contribution < 1.29 is 9.90 Å². The predicted molar refractivity (Wildman–Crippen MR) is 61.4 cm³/mol. The van der Waals surface area contributed by atoms with Crippen molar-refractivity contribution in [1.82, 2.24) is 5.32 Å². The van der Waals surface area contributed by atoms with Crippen LogP contribution >= 0.6 is 22.6 Å². The van der Waals surface area contributed by atoms with Gasteiger partial charge in [0.25, 0.3) is 3.91 Å². The van der Waals surface area contributed by atoms with Gasteiger partial charge in [-0.3, -0.25) is 4.79 Å². The van der Waals surface area contributed by atoms with E-state index in [1.807, 2.05) is 24.3 Å². The van der Waals surface area contributed by atoms with Crippen molar-refractivity contribution in [2.45, 2.75) is 18.6 Å². The third-order valence-electron chi connectivity index (χ3n) is 2.47. The first kappa shape index (κ1) is 9.92. The molecule has 2 N–H and O–H groups in total. The summed E-state index contributed by atoms with van der Waals surface area (Å²) in [6, 6.07) is 7.56. The number of aliphatic hydroxyl groups is 1. The SMILES string of the molecule is O=C(I)N[C@@H]1c2ccccc2C[C@@H]1O. The molecule has 0 radical (unpaired) electrons. The standard InChI is InChI=1S/C10H10INO2/c11-10(14)12-9-7-4-2-1-3-6(7)5-8(9)13/h1-4,8-9,13H,5H2,(H,12,14)/t8-,9+/m0/s1. The second-order valence-electron chi connectivity index (χ2n) is 3.37. The Morgan fingerprint density at radius 3 is 2.93 bits per heavy atom. The lowest BCUT2D eigenvalue weighted by Crippen LogP contribution is -2.30. The van der Waals surface area contributed by atoms with E-state index in [1.165, 1.54) is 0 Å². The second-order valence-corrected chi connectivity index (χ2v) is 4.35. The van der Waals surface area contributed by atoms with Gasteiger partial charge in [-0.1, -0.05) is 24.3 Å². The molecule has 2 atom stereocenters. The van der Waals surface area contributed by atoms with E-state index < -0.39 is 6.10 Å². The number of aliphatic hydroxyl groups excluding tert-OH is 1. The van der Waals surface area contributed by atoms with Gasteiger partial charge in [-0.05, 0) is 11.1 Å². The molecule has 0 spiro atoms. The molecule has 0 unspecified atom stereocenters. The Labute approximate surface area is 95.7 Å². The van der Waals surface area contributed by atoms with E-state index >= 15 is 0 Å². The normalized spacial score (nSPS) is 24.4. The Kier molecular flexibility index (Phi) is 2.73. The third-order valence-corrected chi connectivity index (χ3v) is 2.78. The van der Waals surface area contributed by atoms with Gasteiger partial charge in [-0.15, -0.1) is 0 Å². The average molecular weight is 303 g/mol. The molecule has 74 valence electrons. The highest BCUT2D eigenvalue weighted by Gasteiger charge is 2.31. The van der Waals surface area contributed by atoms with E-state index in [9.17, 15) is 9.90 Å². The Bertz CT molecular complexity index is 367. The summed E-state index contributed by atoms with van der Waals surface area (Å²) in [5, 5.41) is 12.5. The molecule has 0 saturated carbocycles. The molecule has 0 fully saturated rings. The smallest absolute Gasteiger partial charge is 0.281 e. The van der Waals surface area contributed by atoms with E-state index in [4.69, 9.17) is 0 Å². The fourth-order valence-electron chi connectivity index (χ4n) is 1.87. The summed E-state index contributed by atoms with van der Waals surface area (Å²) in [7, 11) is 0. The van der Waals surface area contributed by atoms with Crippen LogP contribution in [-0.2, 0) is 6.42 Å². The molecule has 0 aromatic heterocycles. The summed E-state index contributed by atoms with van der Waals surface area (Å²) in [5.41, 5.74) is 2.15. The minimum absolute atomic E-state index is 0.136. The van der Waals surface area contributed by atoms with Crippen LogP contribution < -0.4 is 5.32 Å². The summed E-state index contributed by atoms with van der Waals surface area (Å²) in [5.74, 6) is 0. The molecule has 1 aliphatic carbocycles. The zero-order valence-corrected chi connectivity index (χ0v) is 9.56. The van der Waals surface area contributed by atoms with Gasteiger partial charge in [0.2, 0.25) is 0 Å². The van der Waals surface area contributed by atoms with E-state index in [-0.39, 0.29) is 9.96 Å². The molecule has 1 aliphatic rings. The summed E-state index contributed by atoms with van der Waals surface area (Å²) >= 11 is 1.68. The van der Waals surface area contributed by atoms with Crippen LogP contribution in [0.3, 0.4) is 0 Å². The third kappa shape index (κ3) is 1.76. The summed E-state index contributed by atoms with van der Waals surface area (Å²) < 4.78 is -0.136. The fourth-order valence-corrected chi connectivity index (χ4v) is 2.21. The Balaban J connectivity index is 2.30. The van der Waals surface area contributed by atoms with Crippen molar-refractivity contribution in [3.8, 4) is 0 Å². The lowest BCUT2D eigenvalue weighted by atomic mass is 10.1. The van der Waals surface area contributed by atoms with Crippen molar-refractivity contribution in [3.63, 3.8) is 0 Å². The number of benzene rings is 1. The van der Waals surface area contributed by atoms with Gasteiger partial charge in [-0.2, -0.15) is 0 Å². The number of rotatable bonds is 1. The van der Waals surface area contributed by atoms with Crippen molar-refractivity contribution in [2.24, 2.45) is 0 Å². The van der Waals surface area contributed by atoms with E-state index in [0.717, 1.165) is 11.1 Å². The molecule has 1 aromatic carbocycles. The van der Waals surface area contributed by atoms with E-state index in [2.05, 4.69) is 5.32 Å². The summed E-state index contributed by atoms with van der Waals surface area (Å²) in [6.45, 7) is 0. The van der Waals surface area contributed by atoms with Crippen molar-refractivity contribution >= 4 is 26.5 Å². The first-order valence-corrected chi connectivity index (χ1v) is 5.48. The van der Waals surface area contributed by atoms with Crippen molar-refractivity contribution in [2.75, 3.05) is 0 Å². The highest BCUT2D eigenvalue weighted by molar-refractivity contribution is 14.1. The van der Waals surface area contributed by atoms with Gasteiger partial charge < -0.3 is 10.4 Å². The first-order valence-electron chi connectivity index (χ1n) is 4.40. The predicted octanol–water partition coefficient (Wildman–Crippen LogP) is 1.79. The lowest BCUT2D eigenvalue weighted by molar-refractivity contribution is 0.146. The van der Waals surface area contributed by atoms with E-state index in [0.29, 0.717) is 6.42 Å². The molecule has 1 amide bonds. The van der Waals surface area contributed by atoms with E-state index in [1.54, 1.807) is 22.6 Å². The molecular formula is C10H10INO2. The number of halogens is 1. The lowest BCUT2D eigenvalue weighted by Gasteiger charge is -2.15.